The second-order valence-corrected chi connectivity index (χ2v) is 5.60. The van der Waals surface area contributed by atoms with E-state index in [2.05, 4.69) is 5.32 Å². The summed E-state index contributed by atoms with van der Waals surface area (Å²) in [4.78, 5) is 34.3. The van der Waals surface area contributed by atoms with Gasteiger partial charge in [0, 0.05) is 18.2 Å². The molecule has 8 nitrogen and oxygen atoms in total. The Hall–Kier alpha value is -3.75. The Kier molecular flexibility index (Phi) is 6.80. The molecule has 0 radical (unpaired) electrons. The van der Waals surface area contributed by atoms with E-state index in [9.17, 15) is 24.1 Å². The third kappa shape index (κ3) is 5.63. The van der Waals surface area contributed by atoms with Gasteiger partial charge >= 0.3 is 5.97 Å². The fourth-order valence-corrected chi connectivity index (χ4v) is 2.18. The quantitative estimate of drug-likeness (QED) is 0.337. The molecule has 0 saturated heterocycles. The van der Waals surface area contributed by atoms with Crippen molar-refractivity contribution in [2.24, 2.45) is 0 Å². The number of carbonyl (C=O) groups excluding carboxylic acids is 2. The number of anilines is 1. The number of nitro benzene ring substituents is 1. The van der Waals surface area contributed by atoms with Crippen molar-refractivity contribution in [1.29, 1.82) is 0 Å². The maximum absolute atomic E-state index is 13.1. The molecule has 0 aliphatic carbocycles. The first-order valence-electron chi connectivity index (χ1n) is 8.07. The molecule has 0 aliphatic rings. The Morgan fingerprint density at radius 1 is 1.25 bits per heavy atom. The molecule has 2 aromatic carbocycles. The van der Waals surface area contributed by atoms with E-state index >= 15 is 0 Å². The van der Waals surface area contributed by atoms with Crippen molar-refractivity contribution in [1.82, 2.24) is 0 Å². The van der Waals surface area contributed by atoms with Crippen molar-refractivity contribution >= 4 is 29.3 Å². The number of esters is 1. The Morgan fingerprint density at radius 3 is 2.64 bits per heavy atom. The molecule has 0 aromatic heterocycles. The highest BCUT2D eigenvalue weighted by molar-refractivity contribution is 5.97. The van der Waals surface area contributed by atoms with Crippen LogP contribution in [0, 0.1) is 15.9 Å². The smallest absolute Gasteiger partial charge is 0.331 e. The fourth-order valence-electron chi connectivity index (χ4n) is 2.18. The number of halogens is 1. The number of methoxy groups -OCH3 is 1. The van der Waals surface area contributed by atoms with Gasteiger partial charge in [-0.3, -0.25) is 14.9 Å². The average molecular weight is 388 g/mol. The summed E-state index contributed by atoms with van der Waals surface area (Å²) in [6.45, 7) is 1.34. The van der Waals surface area contributed by atoms with Gasteiger partial charge in [-0.15, -0.1) is 0 Å². The third-order valence-electron chi connectivity index (χ3n) is 3.57. The van der Waals surface area contributed by atoms with Gasteiger partial charge < -0.3 is 14.8 Å². The van der Waals surface area contributed by atoms with Crippen LogP contribution in [0.5, 0.6) is 5.75 Å². The molecule has 1 atom stereocenters. The van der Waals surface area contributed by atoms with E-state index in [4.69, 9.17) is 9.47 Å². The van der Waals surface area contributed by atoms with E-state index in [-0.39, 0.29) is 17.1 Å². The zero-order valence-corrected chi connectivity index (χ0v) is 15.0. The van der Waals surface area contributed by atoms with Crippen molar-refractivity contribution in [3.8, 4) is 5.75 Å². The van der Waals surface area contributed by atoms with E-state index in [1.54, 1.807) is 6.07 Å². The molecule has 146 valence electrons. The number of non-ortho nitro benzene ring substituents is 1. The Labute approximate surface area is 159 Å². The van der Waals surface area contributed by atoms with Gasteiger partial charge in [0.1, 0.15) is 11.6 Å². The summed E-state index contributed by atoms with van der Waals surface area (Å²) in [6.07, 6.45) is 1.22. The van der Waals surface area contributed by atoms with Gasteiger partial charge in [0.2, 0.25) is 0 Å². The molecule has 0 saturated carbocycles. The largest absolute Gasteiger partial charge is 0.495 e. The van der Waals surface area contributed by atoms with Gasteiger partial charge in [0.25, 0.3) is 11.6 Å². The number of amides is 1. The van der Waals surface area contributed by atoms with Crippen molar-refractivity contribution in [3.63, 3.8) is 0 Å². The predicted octanol–water partition coefficient (Wildman–Crippen LogP) is 3.33. The predicted molar refractivity (Wildman–Crippen MR) is 99.3 cm³/mol. The lowest BCUT2D eigenvalue weighted by molar-refractivity contribution is -0.384. The summed E-state index contributed by atoms with van der Waals surface area (Å²) in [7, 11) is 1.34. The highest BCUT2D eigenvalue weighted by Crippen LogP contribution is 2.29. The lowest BCUT2D eigenvalue weighted by Crippen LogP contribution is -2.29. The van der Waals surface area contributed by atoms with Crippen molar-refractivity contribution in [2.45, 2.75) is 13.0 Å². The van der Waals surface area contributed by atoms with E-state index < -0.39 is 28.7 Å². The van der Waals surface area contributed by atoms with Crippen LogP contribution in [0.25, 0.3) is 6.08 Å². The van der Waals surface area contributed by atoms with Gasteiger partial charge in [0.05, 0.1) is 17.7 Å². The maximum atomic E-state index is 13.1. The van der Waals surface area contributed by atoms with Crippen LogP contribution in [0.15, 0.2) is 48.5 Å². The van der Waals surface area contributed by atoms with E-state index in [1.165, 1.54) is 50.4 Å². The molecular weight excluding hydrogens is 371 g/mol. The average Bonchev–Trinajstić information content (AvgIpc) is 2.66. The summed E-state index contributed by atoms with van der Waals surface area (Å²) in [5, 5.41) is 13.3. The van der Waals surface area contributed by atoms with E-state index in [0.29, 0.717) is 5.56 Å². The SMILES string of the molecule is COc1ccc([N+](=O)[O-])cc1NC(=O)[C@H](C)OC(=O)/C=C/c1cccc(F)c1. The van der Waals surface area contributed by atoms with Crippen molar-refractivity contribution in [2.75, 3.05) is 12.4 Å². The lowest BCUT2D eigenvalue weighted by Gasteiger charge is -2.14. The molecule has 1 N–H and O–H groups in total. The number of benzene rings is 2. The molecule has 0 spiro atoms. The molecule has 0 heterocycles. The molecular formula is C19H17FN2O6. The maximum Gasteiger partial charge on any atom is 0.331 e. The molecule has 0 fully saturated rings. The monoisotopic (exact) mass is 388 g/mol. The number of nitrogens with one attached hydrogen (secondary N) is 1. The number of nitrogens with zero attached hydrogens (tertiary/aromatic N) is 1. The Balaban J connectivity index is 2.01. The number of ether oxygens (including phenoxy) is 2. The molecule has 1 amide bonds. The van der Waals surface area contributed by atoms with Gasteiger partial charge in [-0.2, -0.15) is 0 Å². The lowest BCUT2D eigenvalue weighted by atomic mass is 10.2. The van der Waals surface area contributed by atoms with Crippen LogP contribution in [-0.2, 0) is 14.3 Å². The Bertz CT molecular complexity index is 928. The summed E-state index contributed by atoms with van der Waals surface area (Å²) in [5.41, 5.74) is 0.286. The number of hydrogen-bond donors (Lipinski definition) is 1. The van der Waals surface area contributed by atoms with Crippen LogP contribution in [0.4, 0.5) is 15.8 Å². The number of nitro groups is 1. The van der Waals surface area contributed by atoms with E-state index in [1.807, 2.05) is 0 Å². The first-order chi connectivity index (χ1) is 13.3. The van der Waals surface area contributed by atoms with Gasteiger partial charge in [-0.05, 0) is 36.8 Å². The van der Waals surface area contributed by atoms with Crippen molar-refractivity contribution < 1.29 is 28.4 Å². The molecule has 2 aromatic rings. The van der Waals surface area contributed by atoms with Crippen LogP contribution in [0.3, 0.4) is 0 Å². The topological polar surface area (TPSA) is 108 Å². The number of hydrogen-bond acceptors (Lipinski definition) is 6. The third-order valence-corrected chi connectivity index (χ3v) is 3.57. The molecule has 0 bridgehead atoms. The highest BCUT2D eigenvalue weighted by Gasteiger charge is 2.20. The van der Waals surface area contributed by atoms with E-state index in [0.717, 1.165) is 12.1 Å². The van der Waals surface area contributed by atoms with Crippen LogP contribution in [-0.4, -0.2) is 30.0 Å². The van der Waals surface area contributed by atoms with Crippen molar-refractivity contribution in [3.05, 3.63) is 70.0 Å². The zero-order valence-electron chi connectivity index (χ0n) is 15.0. The number of carbonyl (C=O) groups is 2. The van der Waals surface area contributed by atoms with Crippen LogP contribution < -0.4 is 10.1 Å². The second-order valence-electron chi connectivity index (χ2n) is 5.60. The fraction of sp³-hybridized carbons (Fsp3) is 0.158. The summed E-state index contributed by atoms with van der Waals surface area (Å²) in [5.74, 6) is -1.75. The second kappa shape index (κ2) is 9.26. The summed E-state index contributed by atoms with van der Waals surface area (Å²) in [6, 6.07) is 9.29. The van der Waals surface area contributed by atoms with Crippen LogP contribution >= 0.6 is 0 Å². The first kappa shape index (κ1) is 20.6. The minimum Gasteiger partial charge on any atom is -0.495 e. The summed E-state index contributed by atoms with van der Waals surface area (Å²) < 4.78 is 23.1. The molecule has 0 aliphatic heterocycles. The minimum absolute atomic E-state index is 0.0694. The van der Waals surface area contributed by atoms with Gasteiger partial charge in [0.15, 0.2) is 6.10 Å². The Morgan fingerprint density at radius 2 is 2.00 bits per heavy atom. The molecule has 0 unspecified atom stereocenters. The minimum atomic E-state index is -1.19. The standard InChI is InChI=1S/C19H17FN2O6/c1-12(28-18(23)9-6-13-4-3-5-14(20)10-13)19(24)21-16-11-15(22(25)26)7-8-17(16)27-2/h3-12H,1-2H3,(H,21,24)/b9-6+/t12-/m0/s1. The van der Waals surface area contributed by atoms with Crippen LogP contribution in [0.1, 0.15) is 12.5 Å². The molecule has 2 rings (SSSR count). The summed E-state index contributed by atoms with van der Waals surface area (Å²) >= 11 is 0. The number of rotatable bonds is 7. The normalized spacial score (nSPS) is 11.7. The molecule has 9 heteroatoms. The molecule has 28 heavy (non-hydrogen) atoms. The highest BCUT2D eigenvalue weighted by atomic mass is 19.1. The van der Waals surface area contributed by atoms with Crippen LogP contribution in [0.2, 0.25) is 0 Å². The first-order valence-corrected chi connectivity index (χ1v) is 8.07. The van der Waals surface area contributed by atoms with Gasteiger partial charge in [-0.25, -0.2) is 9.18 Å². The van der Waals surface area contributed by atoms with Gasteiger partial charge in [-0.1, -0.05) is 12.1 Å². The zero-order chi connectivity index (χ0) is 20.7.